The van der Waals surface area contributed by atoms with Gasteiger partial charge in [0.05, 0.1) is 23.3 Å². The molecule has 126 valence electrons. The third-order valence-electron chi connectivity index (χ3n) is 3.88. The van der Waals surface area contributed by atoms with Crippen molar-refractivity contribution in [3.05, 3.63) is 79.1 Å². The Morgan fingerprint density at radius 3 is 2.42 bits per heavy atom. The van der Waals surface area contributed by atoms with E-state index in [9.17, 15) is 4.39 Å². The van der Waals surface area contributed by atoms with Crippen LogP contribution in [0.4, 0.5) is 10.2 Å². The van der Waals surface area contributed by atoms with Gasteiger partial charge in [0.2, 0.25) is 0 Å². The molecule has 0 saturated carbocycles. The van der Waals surface area contributed by atoms with Gasteiger partial charge in [-0.1, -0.05) is 12.1 Å². The fourth-order valence-corrected chi connectivity index (χ4v) is 2.70. The number of benzene rings is 1. The summed E-state index contributed by atoms with van der Waals surface area (Å²) in [7, 11) is 0. The van der Waals surface area contributed by atoms with Gasteiger partial charge in [0.15, 0.2) is 0 Å². The number of nitrogens with zero attached hydrogens (tertiary/aromatic N) is 4. The molecule has 4 rings (SSSR count). The van der Waals surface area contributed by atoms with Crippen molar-refractivity contribution in [1.29, 1.82) is 0 Å². The fourth-order valence-electron chi connectivity index (χ4n) is 2.70. The molecule has 4 aromatic rings. The molecule has 2 N–H and O–H groups in total. The molecule has 3 heterocycles. The van der Waals surface area contributed by atoms with Crippen LogP contribution in [0.25, 0.3) is 33.8 Å². The van der Waals surface area contributed by atoms with E-state index in [0.29, 0.717) is 17.0 Å². The highest BCUT2D eigenvalue weighted by molar-refractivity contribution is 5.80. The van der Waals surface area contributed by atoms with Gasteiger partial charge >= 0.3 is 0 Å². The Labute approximate surface area is 149 Å². The van der Waals surface area contributed by atoms with Gasteiger partial charge in [-0.3, -0.25) is 15.0 Å². The largest absolute Gasteiger partial charge is 0.382 e. The summed E-state index contributed by atoms with van der Waals surface area (Å²) >= 11 is 0. The van der Waals surface area contributed by atoms with Crippen molar-refractivity contribution in [2.24, 2.45) is 0 Å². The van der Waals surface area contributed by atoms with E-state index < -0.39 is 0 Å². The van der Waals surface area contributed by atoms with Crippen molar-refractivity contribution in [1.82, 2.24) is 19.9 Å². The maximum absolute atomic E-state index is 13.7. The van der Waals surface area contributed by atoms with E-state index >= 15 is 0 Å². The summed E-state index contributed by atoms with van der Waals surface area (Å²) in [6.07, 6.45) is 6.64. The highest BCUT2D eigenvalue weighted by Crippen LogP contribution is 2.31. The van der Waals surface area contributed by atoms with Crippen LogP contribution >= 0.6 is 0 Å². The predicted octanol–water partition coefficient (Wildman–Crippen LogP) is 3.99. The van der Waals surface area contributed by atoms with Gasteiger partial charge in [0.25, 0.3) is 0 Å². The SMILES string of the molecule is Nc1cnc(-c2ccnc(-c3cccnc3)c2)c(-c2cccc(F)c2)n1. The number of aromatic nitrogens is 4. The van der Waals surface area contributed by atoms with Crippen LogP contribution < -0.4 is 5.73 Å². The first-order valence-corrected chi connectivity index (χ1v) is 7.96. The normalized spacial score (nSPS) is 10.7. The Kier molecular flexibility index (Phi) is 4.07. The highest BCUT2D eigenvalue weighted by Gasteiger charge is 2.13. The van der Waals surface area contributed by atoms with E-state index in [1.807, 2.05) is 24.3 Å². The zero-order chi connectivity index (χ0) is 17.9. The number of hydrogen-bond acceptors (Lipinski definition) is 5. The molecule has 0 amide bonds. The number of rotatable bonds is 3. The average molecular weight is 343 g/mol. The standard InChI is InChI=1S/C20H14FN5/c21-16-5-1-3-13(9-16)20-19(25-12-18(22)26-20)14-6-8-24-17(10-14)15-4-2-7-23-11-15/h1-12H,(H2,22,26). The Morgan fingerprint density at radius 1 is 0.769 bits per heavy atom. The van der Waals surface area contributed by atoms with Gasteiger partial charge < -0.3 is 5.73 Å². The first kappa shape index (κ1) is 15.8. The molecule has 0 aliphatic rings. The lowest BCUT2D eigenvalue weighted by Gasteiger charge is -2.10. The van der Waals surface area contributed by atoms with Crippen molar-refractivity contribution >= 4 is 5.82 Å². The summed E-state index contributed by atoms with van der Waals surface area (Å²) in [6.45, 7) is 0. The number of halogens is 1. The molecule has 0 bridgehead atoms. The van der Waals surface area contributed by atoms with Crippen LogP contribution in [0.3, 0.4) is 0 Å². The van der Waals surface area contributed by atoms with Crippen LogP contribution in [0.5, 0.6) is 0 Å². The zero-order valence-corrected chi connectivity index (χ0v) is 13.7. The van der Waals surface area contributed by atoms with E-state index in [1.165, 1.54) is 18.3 Å². The number of pyridine rings is 2. The van der Waals surface area contributed by atoms with Crippen LogP contribution in [0.2, 0.25) is 0 Å². The summed E-state index contributed by atoms with van der Waals surface area (Å²) in [5, 5.41) is 0. The Balaban J connectivity index is 1.87. The van der Waals surface area contributed by atoms with Gasteiger partial charge in [-0.05, 0) is 36.4 Å². The lowest BCUT2D eigenvalue weighted by Crippen LogP contribution is -1.99. The quantitative estimate of drug-likeness (QED) is 0.608. The monoisotopic (exact) mass is 343 g/mol. The summed E-state index contributed by atoms with van der Waals surface area (Å²) in [6, 6.07) is 13.7. The molecular formula is C20H14FN5. The van der Waals surface area contributed by atoms with Crippen molar-refractivity contribution in [2.45, 2.75) is 0 Å². The van der Waals surface area contributed by atoms with E-state index in [1.54, 1.807) is 30.7 Å². The van der Waals surface area contributed by atoms with Crippen LogP contribution in [-0.4, -0.2) is 19.9 Å². The van der Waals surface area contributed by atoms with Crippen molar-refractivity contribution < 1.29 is 4.39 Å². The minimum Gasteiger partial charge on any atom is -0.382 e. The Morgan fingerprint density at radius 2 is 1.62 bits per heavy atom. The average Bonchev–Trinajstić information content (AvgIpc) is 2.69. The van der Waals surface area contributed by atoms with E-state index in [0.717, 1.165) is 16.8 Å². The summed E-state index contributed by atoms with van der Waals surface area (Å²) in [4.78, 5) is 17.3. The van der Waals surface area contributed by atoms with E-state index in [4.69, 9.17) is 5.73 Å². The molecule has 1 aromatic carbocycles. The number of hydrogen-bond donors (Lipinski definition) is 1. The molecule has 0 aliphatic carbocycles. The van der Waals surface area contributed by atoms with Crippen molar-refractivity contribution in [3.63, 3.8) is 0 Å². The third kappa shape index (κ3) is 3.12. The Hall–Kier alpha value is -3.67. The summed E-state index contributed by atoms with van der Waals surface area (Å²) < 4.78 is 13.7. The fraction of sp³-hybridized carbons (Fsp3) is 0. The van der Waals surface area contributed by atoms with Crippen LogP contribution in [-0.2, 0) is 0 Å². The summed E-state index contributed by atoms with van der Waals surface area (Å²) in [5.74, 6) is -0.0713. The first-order chi connectivity index (χ1) is 12.7. The maximum Gasteiger partial charge on any atom is 0.142 e. The molecule has 5 nitrogen and oxygen atoms in total. The van der Waals surface area contributed by atoms with Crippen LogP contribution in [0.1, 0.15) is 0 Å². The maximum atomic E-state index is 13.7. The number of nitrogen functional groups attached to an aromatic ring is 1. The smallest absolute Gasteiger partial charge is 0.142 e. The summed E-state index contributed by atoms with van der Waals surface area (Å²) in [5.41, 5.74) is 10.0. The van der Waals surface area contributed by atoms with Gasteiger partial charge in [-0.15, -0.1) is 0 Å². The van der Waals surface area contributed by atoms with Crippen LogP contribution in [0, 0.1) is 5.82 Å². The highest BCUT2D eigenvalue weighted by atomic mass is 19.1. The minimum absolute atomic E-state index is 0.273. The van der Waals surface area contributed by atoms with E-state index in [2.05, 4.69) is 19.9 Å². The lowest BCUT2D eigenvalue weighted by molar-refractivity contribution is 0.628. The van der Waals surface area contributed by atoms with Crippen LogP contribution in [0.15, 0.2) is 73.3 Å². The topological polar surface area (TPSA) is 77.6 Å². The second kappa shape index (κ2) is 6.68. The van der Waals surface area contributed by atoms with Crippen molar-refractivity contribution in [3.8, 4) is 33.8 Å². The molecule has 0 saturated heterocycles. The molecule has 26 heavy (non-hydrogen) atoms. The number of anilines is 1. The second-order valence-corrected chi connectivity index (χ2v) is 5.67. The Bertz CT molecular complexity index is 1070. The molecule has 0 aliphatic heterocycles. The molecule has 3 aromatic heterocycles. The minimum atomic E-state index is -0.344. The van der Waals surface area contributed by atoms with Gasteiger partial charge in [-0.2, -0.15) is 0 Å². The zero-order valence-electron chi connectivity index (χ0n) is 13.7. The number of nitrogens with two attached hydrogens (primary N) is 1. The van der Waals surface area contributed by atoms with Gasteiger partial charge in [0, 0.05) is 35.3 Å². The molecule has 0 spiro atoms. The second-order valence-electron chi connectivity index (χ2n) is 5.67. The first-order valence-electron chi connectivity index (χ1n) is 7.96. The molecular weight excluding hydrogens is 329 g/mol. The third-order valence-corrected chi connectivity index (χ3v) is 3.88. The molecule has 0 radical (unpaired) electrons. The molecule has 6 heteroatoms. The predicted molar refractivity (Wildman–Crippen MR) is 98.3 cm³/mol. The van der Waals surface area contributed by atoms with E-state index in [-0.39, 0.29) is 11.6 Å². The molecule has 0 fully saturated rings. The lowest BCUT2D eigenvalue weighted by atomic mass is 10.0. The van der Waals surface area contributed by atoms with Crippen molar-refractivity contribution in [2.75, 3.05) is 5.73 Å². The molecule has 0 atom stereocenters. The van der Waals surface area contributed by atoms with Gasteiger partial charge in [0.1, 0.15) is 11.6 Å². The van der Waals surface area contributed by atoms with Gasteiger partial charge in [-0.25, -0.2) is 9.37 Å². The molecule has 0 unspecified atom stereocenters.